The highest BCUT2D eigenvalue weighted by Gasteiger charge is 2.42. The molecule has 0 aromatic heterocycles. The Bertz CT molecular complexity index is 648. The van der Waals surface area contributed by atoms with Gasteiger partial charge >= 0.3 is 0 Å². The normalized spacial score (nSPS) is 24.1. The van der Waals surface area contributed by atoms with Crippen LogP contribution in [0.4, 0.5) is 0 Å². The van der Waals surface area contributed by atoms with E-state index in [1.54, 1.807) is 19.1 Å². The van der Waals surface area contributed by atoms with Crippen LogP contribution in [-0.4, -0.2) is 68.0 Å². The molecule has 1 amide bonds. The Hall–Kier alpha value is -1.83. The number of hydrogen-bond donors (Lipinski definition) is 3. The van der Waals surface area contributed by atoms with Gasteiger partial charge in [0.05, 0.1) is 14.2 Å². The maximum absolute atomic E-state index is 13.0. The molecule has 3 rings (SSSR count). The lowest BCUT2D eigenvalue weighted by molar-refractivity contribution is -0.157. The van der Waals surface area contributed by atoms with Crippen molar-refractivity contribution in [2.75, 3.05) is 40.4 Å². The lowest BCUT2D eigenvalue weighted by Crippen LogP contribution is -2.59. The first-order chi connectivity index (χ1) is 13.1. The van der Waals surface area contributed by atoms with Crippen LogP contribution >= 0.6 is 0 Å². The fraction of sp³-hybridized carbons (Fsp3) is 0.650. The molecule has 150 valence electrons. The van der Waals surface area contributed by atoms with Gasteiger partial charge < -0.3 is 30.1 Å². The van der Waals surface area contributed by atoms with Gasteiger partial charge in [-0.3, -0.25) is 4.79 Å². The molecule has 0 bridgehead atoms. The number of rotatable bonds is 7. The van der Waals surface area contributed by atoms with Crippen molar-refractivity contribution in [2.45, 2.75) is 43.9 Å². The van der Waals surface area contributed by atoms with Crippen molar-refractivity contribution >= 4 is 5.91 Å². The van der Waals surface area contributed by atoms with E-state index >= 15 is 0 Å². The molecule has 7 nitrogen and oxygen atoms in total. The van der Waals surface area contributed by atoms with Gasteiger partial charge in [0.2, 0.25) is 0 Å². The zero-order valence-electron chi connectivity index (χ0n) is 16.3. The van der Waals surface area contributed by atoms with Crippen LogP contribution in [-0.2, 0) is 11.3 Å². The zero-order chi connectivity index (χ0) is 19.3. The Balaban J connectivity index is 1.67. The Morgan fingerprint density at radius 2 is 2.07 bits per heavy atom. The van der Waals surface area contributed by atoms with Gasteiger partial charge in [-0.1, -0.05) is 12.1 Å². The molecule has 1 aromatic rings. The maximum atomic E-state index is 13.0. The number of aliphatic hydroxyl groups is 1. The van der Waals surface area contributed by atoms with E-state index in [1.807, 2.05) is 18.2 Å². The minimum atomic E-state index is -1.34. The average molecular weight is 377 g/mol. The third kappa shape index (κ3) is 4.54. The number of piperidine rings is 2. The summed E-state index contributed by atoms with van der Waals surface area (Å²) in [5.41, 5.74) is -0.462. The molecule has 3 N–H and O–H groups in total. The molecule has 0 spiro atoms. The summed E-state index contributed by atoms with van der Waals surface area (Å²) in [5.74, 6) is 1.07. The Morgan fingerprint density at radius 1 is 1.30 bits per heavy atom. The van der Waals surface area contributed by atoms with Crippen molar-refractivity contribution in [2.24, 2.45) is 0 Å². The summed E-state index contributed by atoms with van der Waals surface area (Å²) in [5, 5.41) is 17.8. The van der Waals surface area contributed by atoms with E-state index in [1.165, 1.54) is 0 Å². The van der Waals surface area contributed by atoms with E-state index in [0.29, 0.717) is 43.6 Å². The first kappa shape index (κ1) is 19.9. The molecule has 2 aliphatic rings. The second-order valence-corrected chi connectivity index (χ2v) is 7.42. The van der Waals surface area contributed by atoms with Crippen molar-refractivity contribution in [1.82, 2.24) is 15.5 Å². The minimum Gasteiger partial charge on any atom is -0.493 e. The summed E-state index contributed by atoms with van der Waals surface area (Å²) in [6, 6.07) is 6.00. The number of hydrogen-bond acceptors (Lipinski definition) is 6. The third-order valence-corrected chi connectivity index (χ3v) is 5.57. The van der Waals surface area contributed by atoms with Gasteiger partial charge in [0, 0.05) is 31.2 Å². The van der Waals surface area contributed by atoms with Crippen LogP contribution in [0.15, 0.2) is 18.2 Å². The summed E-state index contributed by atoms with van der Waals surface area (Å²) in [7, 11) is 3.19. The van der Waals surface area contributed by atoms with Crippen molar-refractivity contribution in [3.05, 3.63) is 23.8 Å². The third-order valence-electron chi connectivity index (χ3n) is 5.57. The highest BCUT2D eigenvalue weighted by atomic mass is 16.5. The van der Waals surface area contributed by atoms with Crippen LogP contribution in [0.25, 0.3) is 0 Å². The highest BCUT2D eigenvalue weighted by Crippen LogP contribution is 2.33. The number of likely N-dealkylation sites (tertiary alicyclic amines) is 1. The van der Waals surface area contributed by atoms with E-state index in [0.717, 1.165) is 37.9 Å². The van der Waals surface area contributed by atoms with Crippen LogP contribution in [0.5, 0.6) is 11.5 Å². The molecular formula is C20H31N3O4. The van der Waals surface area contributed by atoms with Crippen LogP contribution in [0.2, 0.25) is 0 Å². The minimum absolute atomic E-state index is 0.208. The number of nitrogens with one attached hydrogen (secondary N) is 2. The van der Waals surface area contributed by atoms with Gasteiger partial charge in [-0.05, 0) is 44.8 Å². The van der Waals surface area contributed by atoms with Crippen molar-refractivity contribution in [1.29, 1.82) is 0 Å². The van der Waals surface area contributed by atoms with Crippen LogP contribution in [0.3, 0.4) is 0 Å². The SMILES string of the molecule is COc1cccc(CN2CCCC(O)(CNC3CCNCC3)C2=O)c1OC. The molecule has 2 saturated heterocycles. The molecule has 0 saturated carbocycles. The standard InChI is InChI=1S/C20H31N3O4/c1-26-17-6-3-5-15(18(17)27-2)13-23-12-4-9-20(25,19(23)24)14-22-16-7-10-21-11-8-16/h3,5-6,16,21-22,25H,4,7-14H2,1-2H3. The van der Waals surface area contributed by atoms with Crippen molar-refractivity contribution in [3.63, 3.8) is 0 Å². The second kappa shape index (κ2) is 8.91. The first-order valence-electron chi connectivity index (χ1n) is 9.73. The van der Waals surface area contributed by atoms with Crippen molar-refractivity contribution in [3.8, 4) is 11.5 Å². The number of amides is 1. The second-order valence-electron chi connectivity index (χ2n) is 7.42. The Morgan fingerprint density at radius 3 is 2.78 bits per heavy atom. The van der Waals surface area contributed by atoms with Gasteiger partial charge in [0.1, 0.15) is 0 Å². The molecule has 7 heteroatoms. The fourth-order valence-corrected chi connectivity index (χ4v) is 4.00. The lowest BCUT2D eigenvalue weighted by Gasteiger charge is -2.39. The Labute approximate surface area is 161 Å². The summed E-state index contributed by atoms with van der Waals surface area (Å²) >= 11 is 0. The summed E-state index contributed by atoms with van der Waals surface area (Å²) in [6.45, 7) is 3.30. The number of benzene rings is 1. The van der Waals surface area contributed by atoms with Crippen LogP contribution in [0, 0.1) is 0 Å². The average Bonchev–Trinajstić information content (AvgIpc) is 2.70. The number of ether oxygens (including phenoxy) is 2. The molecule has 2 heterocycles. The lowest BCUT2D eigenvalue weighted by atomic mass is 9.90. The van der Waals surface area contributed by atoms with Gasteiger partial charge in [-0.15, -0.1) is 0 Å². The highest BCUT2D eigenvalue weighted by molar-refractivity contribution is 5.86. The van der Waals surface area contributed by atoms with Gasteiger partial charge in [-0.25, -0.2) is 0 Å². The van der Waals surface area contributed by atoms with Gasteiger partial charge in [-0.2, -0.15) is 0 Å². The Kier molecular flexibility index (Phi) is 6.57. The number of methoxy groups -OCH3 is 2. The first-order valence-corrected chi connectivity index (χ1v) is 9.73. The number of nitrogens with zero attached hydrogens (tertiary/aromatic N) is 1. The summed E-state index contributed by atoms with van der Waals surface area (Å²) in [4.78, 5) is 14.8. The monoisotopic (exact) mass is 377 g/mol. The molecule has 1 aromatic carbocycles. The molecule has 2 fully saturated rings. The van der Waals surface area contributed by atoms with Crippen LogP contribution < -0.4 is 20.1 Å². The smallest absolute Gasteiger partial charge is 0.256 e. The quantitative estimate of drug-likeness (QED) is 0.655. The van der Waals surface area contributed by atoms with E-state index < -0.39 is 5.60 Å². The van der Waals surface area contributed by atoms with Gasteiger partial charge in [0.15, 0.2) is 17.1 Å². The predicted octanol–water partition coefficient (Wildman–Crippen LogP) is 0.899. The number of carbonyl (C=O) groups is 1. The maximum Gasteiger partial charge on any atom is 0.256 e. The molecule has 1 atom stereocenters. The summed E-state index contributed by atoms with van der Waals surface area (Å²) < 4.78 is 10.8. The molecule has 2 aliphatic heterocycles. The zero-order valence-corrected chi connectivity index (χ0v) is 16.3. The van der Waals surface area contributed by atoms with Crippen LogP contribution in [0.1, 0.15) is 31.2 Å². The largest absolute Gasteiger partial charge is 0.493 e. The van der Waals surface area contributed by atoms with Gasteiger partial charge in [0.25, 0.3) is 5.91 Å². The van der Waals surface area contributed by atoms with E-state index in [4.69, 9.17) is 9.47 Å². The number of carbonyl (C=O) groups excluding carboxylic acids is 1. The molecule has 0 aliphatic carbocycles. The van der Waals surface area contributed by atoms with E-state index in [2.05, 4.69) is 10.6 Å². The molecule has 27 heavy (non-hydrogen) atoms. The predicted molar refractivity (Wildman–Crippen MR) is 103 cm³/mol. The van der Waals surface area contributed by atoms with Crippen molar-refractivity contribution < 1.29 is 19.4 Å². The topological polar surface area (TPSA) is 83.1 Å². The van der Waals surface area contributed by atoms with E-state index in [-0.39, 0.29) is 5.91 Å². The number of para-hydroxylation sites is 1. The molecule has 0 radical (unpaired) electrons. The summed E-state index contributed by atoms with van der Waals surface area (Å²) in [6.07, 6.45) is 3.32. The fourth-order valence-electron chi connectivity index (χ4n) is 4.00. The molecule has 1 unspecified atom stereocenters. The molecular weight excluding hydrogens is 346 g/mol. The van der Waals surface area contributed by atoms with E-state index in [9.17, 15) is 9.90 Å².